The summed E-state index contributed by atoms with van der Waals surface area (Å²) in [6.45, 7) is 2.98. The average molecular weight is 227 g/mol. The number of alkyl halides is 1. The Hall–Kier alpha value is -0.860. The molecule has 0 spiro atoms. The van der Waals surface area contributed by atoms with Crippen molar-refractivity contribution >= 4 is 17.4 Å². The lowest BCUT2D eigenvalue weighted by atomic mass is 10.1. The smallest absolute Gasteiger partial charge is 0.157 e. The average Bonchev–Trinajstić information content (AvgIpc) is 2.29. The third-order valence-electron chi connectivity index (χ3n) is 2.07. The molecule has 0 radical (unpaired) electrons. The molecule has 15 heavy (non-hydrogen) atoms. The van der Waals surface area contributed by atoms with E-state index in [1.165, 1.54) is 0 Å². The number of ether oxygens (including phenoxy) is 1. The maximum absolute atomic E-state index is 11.6. The predicted molar refractivity (Wildman–Crippen MR) is 61.2 cm³/mol. The Balaban J connectivity index is 2.46. The van der Waals surface area contributed by atoms with Crippen LogP contribution in [0.5, 0.6) is 0 Å². The van der Waals surface area contributed by atoms with Crippen molar-refractivity contribution in [3.63, 3.8) is 0 Å². The fourth-order valence-corrected chi connectivity index (χ4v) is 1.51. The number of rotatable bonds is 6. The minimum absolute atomic E-state index is 0.0105. The first kappa shape index (κ1) is 12.2. The van der Waals surface area contributed by atoms with Gasteiger partial charge in [-0.05, 0) is 12.5 Å². The first-order valence-electron chi connectivity index (χ1n) is 5.05. The molecule has 0 saturated carbocycles. The molecule has 0 saturated heterocycles. The van der Waals surface area contributed by atoms with Crippen LogP contribution in [0.3, 0.4) is 0 Å². The van der Waals surface area contributed by atoms with Crippen LogP contribution in [0.1, 0.15) is 24.3 Å². The van der Waals surface area contributed by atoms with E-state index in [1.807, 2.05) is 37.3 Å². The standard InChI is InChI=1S/C12H15ClO2/c1-2-15-9-8-11(14)12(13)10-6-4-3-5-7-10/h3-7,12H,2,8-9H2,1H3. The third-order valence-corrected chi connectivity index (χ3v) is 2.57. The molecule has 0 amide bonds. The van der Waals surface area contributed by atoms with Crippen molar-refractivity contribution in [2.24, 2.45) is 0 Å². The van der Waals surface area contributed by atoms with Gasteiger partial charge in [0.2, 0.25) is 0 Å². The van der Waals surface area contributed by atoms with Gasteiger partial charge < -0.3 is 4.74 Å². The molecule has 1 aromatic rings. The molecule has 0 fully saturated rings. The molecular formula is C12H15ClO2. The highest BCUT2D eigenvalue weighted by molar-refractivity contribution is 6.31. The molecule has 0 heterocycles. The van der Waals surface area contributed by atoms with Crippen molar-refractivity contribution < 1.29 is 9.53 Å². The number of ketones is 1. The summed E-state index contributed by atoms with van der Waals surface area (Å²) in [6, 6.07) is 9.37. The van der Waals surface area contributed by atoms with E-state index < -0.39 is 5.38 Å². The summed E-state index contributed by atoms with van der Waals surface area (Å²) in [5.41, 5.74) is 0.848. The summed E-state index contributed by atoms with van der Waals surface area (Å²) < 4.78 is 5.11. The molecule has 2 nitrogen and oxygen atoms in total. The van der Waals surface area contributed by atoms with Gasteiger partial charge in [0, 0.05) is 13.0 Å². The van der Waals surface area contributed by atoms with Crippen molar-refractivity contribution in [3.8, 4) is 0 Å². The molecule has 0 aromatic heterocycles. The maximum Gasteiger partial charge on any atom is 0.157 e. The second-order valence-corrected chi connectivity index (χ2v) is 3.62. The van der Waals surface area contributed by atoms with Gasteiger partial charge in [0.15, 0.2) is 5.78 Å². The van der Waals surface area contributed by atoms with Crippen LogP contribution in [0.4, 0.5) is 0 Å². The van der Waals surface area contributed by atoms with Gasteiger partial charge in [-0.15, -0.1) is 11.6 Å². The zero-order valence-electron chi connectivity index (χ0n) is 8.78. The van der Waals surface area contributed by atoms with Crippen molar-refractivity contribution in [2.75, 3.05) is 13.2 Å². The van der Waals surface area contributed by atoms with Crippen LogP contribution in [-0.2, 0) is 9.53 Å². The Morgan fingerprint density at radius 2 is 2.07 bits per heavy atom. The first-order chi connectivity index (χ1) is 7.25. The molecule has 0 aliphatic heterocycles. The quantitative estimate of drug-likeness (QED) is 0.551. The summed E-state index contributed by atoms with van der Waals surface area (Å²) in [6.07, 6.45) is 0.372. The molecule has 0 aliphatic carbocycles. The fraction of sp³-hybridized carbons (Fsp3) is 0.417. The summed E-state index contributed by atoms with van der Waals surface area (Å²) in [5, 5.41) is -0.549. The largest absolute Gasteiger partial charge is 0.381 e. The summed E-state index contributed by atoms with van der Waals surface area (Å²) in [5.74, 6) is 0.0105. The van der Waals surface area contributed by atoms with E-state index in [-0.39, 0.29) is 5.78 Å². The van der Waals surface area contributed by atoms with Crippen LogP contribution in [0.2, 0.25) is 0 Å². The van der Waals surface area contributed by atoms with Crippen LogP contribution in [0.25, 0.3) is 0 Å². The topological polar surface area (TPSA) is 26.3 Å². The van der Waals surface area contributed by atoms with Gasteiger partial charge in [-0.25, -0.2) is 0 Å². The van der Waals surface area contributed by atoms with Crippen molar-refractivity contribution in [1.29, 1.82) is 0 Å². The van der Waals surface area contributed by atoms with E-state index >= 15 is 0 Å². The Morgan fingerprint density at radius 1 is 1.40 bits per heavy atom. The lowest BCUT2D eigenvalue weighted by molar-refractivity contribution is -0.119. The molecule has 1 rings (SSSR count). The van der Waals surface area contributed by atoms with Gasteiger partial charge in [0.05, 0.1) is 6.61 Å². The molecule has 82 valence electrons. The SMILES string of the molecule is CCOCCC(=O)C(Cl)c1ccccc1. The van der Waals surface area contributed by atoms with E-state index in [2.05, 4.69) is 0 Å². The molecule has 0 N–H and O–H groups in total. The number of hydrogen-bond acceptors (Lipinski definition) is 2. The van der Waals surface area contributed by atoms with Gasteiger partial charge in [0.25, 0.3) is 0 Å². The van der Waals surface area contributed by atoms with E-state index in [0.29, 0.717) is 19.6 Å². The van der Waals surface area contributed by atoms with Gasteiger partial charge in [-0.1, -0.05) is 30.3 Å². The number of halogens is 1. The number of carbonyl (C=O) groups excluding carboxylic acids is 1. The van der Waals surface area contributed by atoms with E-state index in [9.17, 15) is 4.79 Å². The van der Waals surface area contributed by atoms with E-state index in [0.717, 1.165) is 5.56 Å². The zero-order chi connectivity index (χ0) is 11.1. The highest BCUT2D eigenvalue weighted by Gasteiger charge is 2.16. The highest BCUT2D eigenvalue weighted by atomic mass is 35.5. The minimum Gasteiger partial charge on any atom is -0.381 e. The van der Waals surface area contributed by atoms with Crippen LogP contribution in [0, 0.1) is 0 Å². The van der Waals surface area contributed by atoms with Crippen molar-refractivity contribution in [2.45, 2.75) is 18.7 Å². The predicted octanol–water partition coefficient (Wildman–Crippen LogP) is 2.96. The van der Waals surface area contributed by atoms with Gasteiger partial charge in [-0.3, -0.25) is 4.79 Å². The second kappa shape index (κ2) is 6.59. The zero-order valence-corrected chi connectivity index (χ0v) is 9.54. The lowest BCUT2D eigenvalue weighted by Gasteiger charge is -2.08. The number of benzene rings is 1. The van der Waals surface area contributed by atoms with Crippen LogP contribution in [0.15, 0.2) is 30.3 Å². The lowest BCUT2D eigenvalue weighted by Crippen LogP contribution is -2.10. The molecule has 0 bridgehead atoms. The normalized spacial score (nSPS) is 12.4. The Bertz CT molecular complexity index is 298. The van der Waals surface area contributed by atoms with Crippen LogP contribution >= 0.6 is 11.6 Å². The number of Topliss-reactive ketones (excluding diaryl/α,β-unsaturated/α-hetero) is 1. The van der Waals surface area contributed by atoms with E-state index in [1.54, 1.807) is 0 Å². The minimum atomic E-state index is -0.549. The molecule has 1 atom stereocenters. The monoisotopic (exact) mass is 226 g/mol. The van der Waals surface area contributed by atoms with Crippen molar-refractivity contribution in [3.05, 3.63) is 35.9 Å². The van der Waals surface area contributed by atoms with E-state index in [4.69, 9.17) is 16.3 Å². The first-order valence-corrected chi connectivity index (χ1v) is 5.48. The second-order valence-electron chi connectivity index (χ2n) is 3.19. The summed E-state index contributed by atoms with van der Waals surface area (Å²) >= 11 is 6.03. The maximum atomic E-state index is 11.6. The summed E-state index contributed by atoms with van der Waals surface area (Å²) in [4.78, 5) is 11.6. The Labute approximate surface area is 95.2 Å². The molecule has 3 heteroatoms. The number of hydrogen-bond donors (Lipinski definition) is 0. The highest BCUT2D eigenvalue weighted by Crippen LogP contribution is 2.22. The molecular weight excluding hydrogens is 212 g/mol. The molecule has 1 unspecified atom stereocenters. The van der Waals surface area contributed by atoms with Crippen LogP contribution < -0.4 is 0 Å². The molecule has 0 aliphatic rings. The van der Waals surface area contributed by atoms with Gasteiger partial charge in [-0.2, -0.15) is 0 Å². The third kappa shape index (κ3) is 4.02. The summed E-state index contributed by atoms with van der Waals surface area (Å²) in [7, 11) is 0. The fourth-order valence-electron chi connectivity index (χ4n) is 1.25. The molecule has 1 aromatic carbocycles. The number of carbonyl (C=O) groups is 1. The van der Waals surface area contributed by atoms with Crippen LogP contribution in [-0.4, -0.2) is 19.0 Å². The Kier molecular flexibility index (Phi) is 5.37. The van der Waals surface area contributed by atoms with Gasteiger partial charge >= 0.3 is 0 Å². The van der Waals surface area contributed by atoms with Gasteiger partial charge in [0.1, 0.15) is 5.38 Å². The Morgan fingerprint density at radius 3 is 2.67 bits per heavy atom. The van der Waals surface area contributed by atoms with Crippen molar-refractivity contribution in [1.82, 2.24) is 0 Å².